The van der Waals surface area contributed by atoms with E-state index in [1.807, 2.05) is 13.8 Å². The van der Waals surface area contributed by atoms with E-state index in [-0.39, 0.29) is 0 Å². The van der Waals surface area contributed by atoms with Crippen LogP contribution in [0.15, 0.2) is 9.57 Å². The standard InChI is InChI=1S/C9H14N6OS/c1-6-7(2)16-8(11-6)5-17-9-12-13-14-15(9)4-3-10/h3-5,10H2,1-2H3. The van der Waals surface area contributed by atoms with E-state index in [0.29, 0.717) is 24.7 Å². The summed E-state index contributed by atoms with van der Waals surface area (Å²) in [5.41, 5.74) is 6.38. The minimum absolute atomic E-state index is 0.510. The van der Waals surface area contributed by atoms with Gasteiger partial charge in [0.25, 0.3) is 0 Å². The molecule has 2 N–H and O–H groups in total. The largest absolute Gasteiger partial charge is 0.445 e. The predicted molar refractivity (Wildman–Crippen MR) is 62.4 cm³/mol. The van der Waals surface area contributed by atoms with Gasteiger partial charge in [0.1, 0.15) is 5.76 Å². The Hall–Kier alpha value is -1.41. The lowest BCUT2D eigenvalue weighted by atomic mass is 10.4. The van der Waals surface area contributed by atoms with Crippen LogP contribution in [0.4, 0.5) is 0 Å². The summed E-state index contributed by atoms with van der Waals surface area (Å²) >= 11 is 1.48. The molecule has 7 nitrogen and oxygen atoms in total. The van der Waals surface area contributed by atoms with Crippen LogP contribution in [0.2, 0.25) is 0 Å². The fourth-order valence-electron chi connectivity index (χ4n) is 1.29. The number of thioether (sulfide) groups is 1. The third kappa shape index (κ3) is 2.83. The number of hydrogen-bond donors (Lipinski definition) is 1. The Morgan fingerprint density at radius 1 is 1.41 bits per heavy atom. The maximum atomic E-state index is 5.48. The number of hydrogen-bond acceptors (Lipinski definition) is 7. The highest BCUT2D eigenvalue weighted by Gasteiger charge is 2.10. The molecule has 0 aliphatic rings. The first-order valence-corrected chi connectivity index (χ1v) is 6.21. The highest BCUT2D eigenvalue weighted by molar-refractivity contribution is 7.98. The van der Waals surface area contributed by atoms with Crippen LogP contribution >= 0.6 is 11.8 Å². The van der Waals surface area contributed by atoms with Crippen molar-refractivity contribution >= 4 is 11.8 Å². The second-order valence-corrected chi connectivity index (χ2v) is 4.45. The predicted octanol–water partition coefficient (Wildman–Crippen LogP) is 0.529. The molecule has 0 bridgehead atoms. The molecule has 0 atom stereocenters. The normalized spacial score (nSPS) is 11.0. The number of rotatable bonds is 5. The summed E-state index contributed by atoms with van der Waals surface area (Å²) in [6, 6.07) is 0. The Bertz CT molecular complexity index is 474. The van der Waals surface area contributed by atoms with Crippen LogP contribution in [0.1, 0.15) is 17.3 Å². The van der Waals surface area contributed by atoms with Gasteiger partial charge in [-0.3, -0.25) is 0 Å². The summed E-state index contributed by atoms with van der Waals surface area (Å²) in [6.07, 6.45) is 0. The summed E-state index contributed by atoms with van der Waals surface area (Å²) in [7, 11) is 0. The van der Waals surface area contributed by atoms with Crippen molar-refractivity contribution in [3.05, 3.63) is 17.3 Å². The van der Waals surface area contributed by atoms with Crippen molar-refractivity contribution in [2.24, 2.45) is 5.73 Å². The van der Waals surface area contributed by atoms with Crippen LogP contribution in [0.25, 0.3) is 0 Å². The molecule has 0 aromatic carbocycles. The van der Waals surface area contributed by atoms with Gasteiger partial charge in [-0.2, -0.15) is 0 Å². The zero-order chi connectivity index (χ0) is 12.3. The Kier molecular flexibility index (Phi) is 3.75. The van der Waals surface area contributed by atoms with Gasteiger partial charge in [0, 0.05) is 6.54 Å². The van der Waals surface area contributed by atoms with Gasteiger partial charge in [-0.05, 0) is 24.3 Å². The molecule has 0 unspecified atom stereocenters. The van der Waals surface area contributed by atoms with E-state index in [9.17, 15) is 0 Å². The van der Waals surface area contributed by atoms with E-state index in [4.69, 9.17) is 10.2 Å². The molecule has 2 aromatic rings. The maximum Gasteiger partial charge on any atom is 0.209 e. The monoisotopic (exact) mass is 254 g/mol. The molecule has 0 amide bonds. The molecule has 0 radical (unpaired) electrons. The van der Waals surface area contributed by atoms with Gasteiger partial charge in [0.05, 0.1) is 18.0 Å². The van der Waals surface area contributed by atoms with Crippen molar-refractivity contribution in [3.63, 3.8) is 0 Å². The third-order valence-corrected chi connectivity index (χ3v) is 3.18. The fraction of sp³-hybridized carbons (Fsp3) is 0.556. The van der Waals surface area contributed by atoms with E-state index < -0.39 is 0 Å². The van der Waals surface area contributed by atoms with Gasteiger partial charge >= 0.3 is 0 Å². The van der Waals surface area contributed by atoms with Crippen LogP contribution < -0.4 is 5.73 Å². The average Bonchev–Trinajstić information content (AvgIpc) is 2.85. The lowest BCUT2D eigenvalue weighted by Crippen LogP contribution is -2.12. The average molecular weight is 254 g/mol. The number of tetrazole rings is 1. The molecule has 0 aliphatic heterocycles. The summed E-state index contributed by atoms with van der Waals surface area (Å²) in [4.78, 5) is 4.30. The molecule has 0 fully saturated rings. The van der Waals surface area contributed by atoms with Gasteiger partial charge in [0.2, 0.25) is 11.0 Å². The van der Waals surface area contributed by atoms with Crippen LogP contribution in [0.5, 0.6) is 0 Å². The molecule has 2 heterocycles. The van der Waals surface area contributed by atoms with E-state index in [1.54, 1.807) is 4.68 Å². The Balaban J connectivity index is 1.99. The highest BCUT2D eigenvalue weighted by atomic mass is 32.2. The molecule has 0 saturated heterocycles. The number of nitrogens with zero attached hydrogens (tertiary/aromatic N) is 5. The molecule has 17 heavy (non-hydrogen) atoms. The topological polar surface area (TPSA) is 95.7 Å². The minimum Gasteiger partial charge on any atom is -0.445 e. The van der Waals surface area contributed by atoms with Crippen molar-refractivity contribution in [2.45, 2.75) is 31.3 Å². The van der Waals surface area contributed by atoms with Gasteiger partial charge < -0.3 is 10.2 Å². The Morgan fingerprint density at radius 2 is 2.24 bits per heavy atom. The van der Waals surface area contributed by atoms with Crippen LogP contribution in [0.3, 0.4) is 0 Å². The lowest BCUT2D eigenvalue weighted by Gasteiger charge is -1.99. The summed E-state index contributed by atoms with van der Waals surface area (Å²) in [5, 5.41) is 12.1. The molecular weight excluding hydrogens is 240 g/mol. The van der Waals surface area contributed by atoms with Crippen molar-refractivity contribution in [1.82, 2.24) is 25.2 Å². The second-order valence-electron chi connectivity index (χ2n) is 3.51. The molecule has 8 heteroatoms. The molecule has 0 aliphatic carbocycles. The highest BCUT2D eigenvalue weighted by Crippen LogP contribution is 2.20. The molecular formula is C9H14N6OS. The van der Waals surface area contributed by atoms with E-state index >= 15 is 0 Å². The minimum atomic E-state index is 0.510. The van der Waals surface area contributed by atoms with Crippen molar-refractivity contribution < 1.29 is 4.42 Å². The van der Waals surface area contributed by atoms with E-state index in [2.05, 4.69) is 20.5 Å². The number of nitrogens with two attached hydrogens (primary N) is 1. The third-order valence-electron chi connectivity index (χ3n) is 2.24. The SMILES string of the molecule is Cc1nc(CSc2nnnn2CCN)oc1C. The maximum absolute atomic E-state index is 5.48. The fourth-order valence-corrected chi connectivity index (χ4v) is 2.04. The zero-order valence-electron chi connectivity index (χ0n) is 9.75. The van der Waals surface area contributed by atoms with Gasteiger partial charge in [-0.25, -0.2) is 9.67 Å². The Labute approximate surface area is 103 Å². The van der Waals surface area contributed by atoms with Gasteiger partial charge in [-0.15, -0.1) is 5.10 Å². The summed E-state index contributed by atoms with van der Waals surface area (Å²) in [5.74, 6) is 2.15. The van der Waals surface area contributed by atoms with Crippen molar-refractivity contribution in [2.75, 3.05) is 6.54 Å². The first kappa shape index (κ1) is 12.1. The number of aryl methyl sites for hydroxylation is 2. The quantitative estimate of drug-likeness (QED) is 0.777. The summed E-state index contributed by atoms with van der Waals surface area (Å²) < 4.78 is 7.15. The van der Waals surface area contributed by atoms with Crippen molar-refractivity contribution in [3.8, 4) is 0 Å². The molecule has 0 saturated carbocycles. The second kappa shape index (κ2) is 5.28. The van der Waals surface area contributed by atoms with Crippen LogP contribution in [-0.4, -0.2) is 31.7 Å². The van der Waals surface area contributed by atoms with Gasteiger partial charge in [0.15, 0.2) is 0 Å². The lowest BCUT2D eigenvalue weighted by molar-refractivity contribution is 0.489. The van der Waals surface area contributed by atoms with E-state index in [1.165, 1.54) is 11.8 Å². The summed E-state index contributed by atoms with van der Waals surface area (Å²) in [6.45, 7) is 4.94. The van der Waals surface area contributed by atoms with Crippen LogP contribution in [-0.2, 0) is 12.3 Å². The first-order valence-electron chi connectivity index (χ1n) is 5.22. The molecule has 0 spiro atoms. The smallest absolute Gasteiger partial charge is 0.209 e. The molecule has 2 aromatic heterocycles. The number of oxazole rings is 1. The van der Waals surface area contributed by atoms with E-state index in [0.717, 1.165) is 16.6 Å². The molecule has 2 rings (SSSR count). The Morgan fingerprint density at radius 3 is 2.88 bits per heavy atom. The van der Waals surface area contributed by atoms with Crippen LogP contribution in [0, 0.1) is 13.8 Å². The number of aromatic nitrogens is 5. The van der Waals surface area contributed by atoms with Crippen molar-refractivity contribution in [1.29, 1.82) is 0 Å². The first-order chi connectivity index (χ1) is 8.20. The zero-order valence-corrected chi connectivity index (χ0v) is 10.6. The van der Waals surface area contributed by atoms with Gasteiger partial charge in [-0.1, -0.05) is 11.8 Å². The molecule has 92 valence electrons.